The molecule has 0 spiro atoms. The van der Waals surface area contributed by atoms with Crippen molar-refractivity contribution in [1.29, 1.82) is 0 Å². The summed E-state index contributed by atoms with van der Waals surface area (Å²) in [6, 6.07) is 11.9. The molecule has 9 heteroatoms. The minimum Gasteiger partial charge on any atom is -0.325 e. The van der Waals surface area contributed by atoms with Gasteiger partial charge < -0.3 is 5.32 Å². The Kier molecular flexibility index (Phi) is 5.81. The normalized spacial score (nSPS) is 12.4. The fourth-order valence-corrected chi connectivity index (χ4v) is 3.43. The Morgan fingerprint density at radius 3 is 2.16 bits per heavy atom. The molecule has 2 rings (SSSR count). The molecule has 2 aromatic carbocycles. The van der Waals surface area contributed by atoms with Gasteiger partial charge >= 0.3 is 0 Å². The highest BCUT2D eigenvalue weighted by atomic mass is 32.2. The predicted octanol–water partition coefficient (Wildman–Crippen LogP) is 3.12. The van der Waals surface area contributed by atoms with Gasteiger partial charge in [-0.05, 0) is 43.3 Å². The Morgan fingerprint density at radius 1 is 1.12 bits per heavy atom. The van der Waals surface area contributed by atoms with Crippen LogP contribution in [0, 0.1) is 10.1 Å². The molecule has 0 radical (unpaired) electrons. The summed E-state index contributed by atoms with van der Waals surface area (Å²) in [7, 11) is -3.28. The number of hydrogen-bond donors (Lipinski definition) is 1. The van der Waals surface area contributed by atoms with Crippen LogP contribution < -0.4 is 5.32 Å². The second-order valence-electron chi connectivity index (χ2n) is 5.30. The average Bonchev–Trinajstić information content (AvgIpc) is 2.55. The standard InChI is InChI=1S/C16H16N2O5S2/c1-11(24-14-7-5-13(6-8-14)18(20)21)16(19)17-12-3-9-15(10-4-12)25(2,22)23/h3-11H,1-2H3,(H,17,19). The largest absolute Gasteiger partial charge is 0.325 e. The molecule has 1 N–H and O–H groups in total. The van der Waals surface area contributed by atoms with Gasteiger partial charge in [-0.15, -0.1) is 11.8 Å². The highest BCUT2D eigenvalue weighted by molar-refractivity contribution is 8.00. The molecular weight excluding hydrogens is 364 g/mol. The quantitative estimate of drug-likeness (QED) is 0.469. The number of nitrogens with one attached hydrogen (secondary N) is 1. The van der Waals surface area contributed by atoms with E-state index in [2.05, 4.69) is 5.32 Å². The van der Waals surface area contributed by atoms with E-state index in [1.54, 1.807) is 19.1 Å². The van der Waals surface area contributed by atoms with Crippen molar-refractivity contribution in [2.75, 3.05) is 11.6 Å². The number of carbonyl (C=O) groups excluding carboxylic acids is 1. The number of carbonyl (C=O) groups is 1. The Hall–Kier alpha value is -2.39. The summed E-state index contributed by atoms with van der Waals surface area (Å²) in [5.74, 6) is -0.254. The summed E-state index contributed by atoms with van der Waals surface area (Å²) >= 11 is 1.27. The molecule has 0 aliphatic heterocycles. The first-order chi connectivity index (χ1) is 11.7. The third-order valence-electron chi connectivity index (χ3n) is 3.28. The summed E-state index contributed by atoms with van der Waals surface area (Å²) in [6.07, 6.45) is 1.11. The first-order valence-electron chi connectivity index (χ1n) is 7.19. The van der Waals surface area contributed by atoms with Gasteiger partial charge in [0.1, 0.15) is 0 Å². The Bertz CT molecular complexity index is 878. The van der Waals surface area contributed by atoms with Crippen molar-refractivity contribution in [3.05, 3.63) is 58.6 Å². The number of anilines is 1. The summed E-state index contributed by atoms with van der Waals surface area (Å²) in [5.41, 5.74) is 0.487. The zero-order valence-corrected chi connectivity index (χ0v) is 15.1. The van der Waals surface area contributed by atoms with Crippen molar-refractivity contribution in [3.63, 3.8) is 0 Å². The van der Waals surface area contributed by atoms with Crippen LogP contribution in [0.15, 0.2) is 58.3 Å². The molecule has 1 atom stereocenters. The number of nitro benzene ring substituents is 1. The van der Waals surface area contributed by atoms with Crippen LogP contribution in [-0.4, -0.2) is 30.8 Å². The fourth-order valence-electron chi connectivity index (χ4n) is 1.93. The van der Waals surface area contributed by atoms with E-state index in [1.807, 2.05) is 0 Å². The number of rotatable bonds is 6. The SMILES string of the molecule is CC(Sc1ccc([N+](=O)[O-])cc1)C(=O)Nc1ccc(S(C)(=O)=O)cc1. The van der Waals surface area contributed by atoms with E-state index >= 15 is 0 Å². The minimum absolute atomic E-state index is 0.00702. The van der Waals surface area contributed by atoms with Gasteiger partial charge in [-0.1, -0.05) is 0 Å². The average molecular weight is 380 g/mol. The van der Waals surface area contributed by atoms with Gasteiger partial charge in [0.15, 0.2) is 9.84 Å². The molecule has 0 aromatic heterocycles. The van der Waals surface area contributed by atoms with E-state index in [1.165, 1.54) is 48.2 Å². The van der Waals surface area contributed by atoms with E-state index < -0.39 is 20.0 Å². The first kappa shape index (κ1) is 18.9. The lowest BCUT2D eigenvalue weighted by Gasteiger charge is -2.12. The Balaban J connectivity index is 1.99. The van der Waals surface area contributed by atoms with E-state index in [0.717, 1.165) is 11.2 Å². The van der Waals surface area contributed by atoms with Gasteiger partial charge in [0.25, 0.3) is 5.69 Å². The molecular formula is C16H16N2O5S2. The van der Waals surface area contributed by atoms with Crippen molar-refractivity contribution in [2.45, 2.75) is 22.0 Å². The number of hydrogen-bond acceptors (Lipinski definition) is 6. The number of nitro groups is 1. The number of benzene rings is 2. The van der Waals surface area contributed by atoms with Crippen molar-refractivity contribution >= 4 is 38.9 Å². The smallest absolute Gasteiger partial charge is 0.269 e. The first-order valence-corrected chi connectivity index (χ1v) is 9.96. The topological polar surface area (TPSA) is 106 Å². The number of non-ortho nitro benzene ring substituents is 1. The predicted molar refractivity (Wildman–Crippen MR) is 96.6 cm³/mol. The Labute approximate surface area is 149 Å². The maximum absolute atomic E-state index is 12.2. The molecule has 0 saturated heterocycles. The number of thioether (sulfide) groups is 1. The van der Waals surface area contributed by atoms with Crippen LogP contribution in [0.1, 0.15) is 6.92 Å². The van der Waals surface area contributed by atoms with E-state index in [4.69, 9.17) is 0 Å². The van der Waals surface area contributed by atoms with Crippen LogP contribution >= 0.6 is 11.8 Å². The van der Waals surface area contributed by atoms with Crippen LogP contribution in [0.5, 0.6) is 0 Å². The molecule has 1 unspecified atom stereocenters. The van der Waals surface area contributed by atoms with E-state index in [-0.39, 0.29) is 16.5 Å². The van der Waals surface area contributed by atoms with Gasteiger partial charge in [0.2, 0.25) is 5.91 Å². The second-order valence-corrected chi connectivity index (χ2v) is 8.73. The van der Waals surface area contributed by atoms with Crippen LogP contribution in [0.4, 0.5) is 11.4 Å². The number of nitrogens with zero attached hydrogens (tertiary/aromatic N) is 1. The molecule has 0 saturated carbocycles. The number of sulfone groups is 1. The zero-order chi connectivity index (χ0) is 18.6. The molecule has 0 heterocycles. The van der Waals surface area contributed by atoms with E-state index in [9.17, 15) is 23.3 Å². The molecule has 0 aliphatic carbocycles. The highest BCUT2D eigenvalue weighted by Gasteiger charge is 2.16. The molecule has 1 amide bonds. The minimum atomic E-state index is -3.28. The lowest BCUT2D eigenvalue weighted by atomic mass is 10.3. The van der Waals surface area contributed by atoms with Crippen molar-refractivity contribution in [1.82, 2.24) is 0 Å². The van der Waals surface area contributed by atoms with Crippen molar-refractivity contribution < 1.29 is 18.1 Å². The summed E-state index contributed by atoms with van der Waals surface area (Å²) < 4.78 is 22.8. The molecule has 0 aliphatic rings. The van der Waals surface area contributed by atoms with Gasteiger partial charge in [0, 0.05) is 29.0 Å². The molecule has 0 fully saturated rings. The molecule has 2 aromatic rings. The Morgan fingerprint density at radius 2 is 1.68 bits per heavy atom. The third kappa shape index (κ3) is 5.30. The van der Waals surface area contributed by atoms with Gasteiger partial charge in [-0.3, -0.25) is 14.9 Å². The van der Waals surface area contributed by atoms with Crippen molar-refractivity contribution in [3.8, 4) is 0 Å². The summed E-state index contributed by atoms with van der Waals surface area (Å²) in [5, 5.41) is 12.9. The molecule has 7 nitrogen and oxygen atoms in total. The number of amides is 1. The van der Waals surface area contributed by atoms with Gasteiger partial charge in [-0.25, -0.2) is 8.42 Å². The van der Waals surface area contributed by atoms with Crippen molar-refractivity contribution in [2.24, 2.45) is 0 Å². The highest BCUT2D eigenvalue weighted by Crippen LogP contribution is 2.26. The van der Waals surface area contributed by atoms with Gasteiger partial charge in [0.05, 0.1) is 15.1 Å². The van der Waals surface area contributed by atoms with E-state index in [0.29, 0.717) is 5.69 Å². The van der Waals surface area contributed by atoms with Crippen LogP contribution in [-0.2, 0) is 14.6 Å². The lowest BCUT2D eigenvalue weighted by Crippen LogP contribution is -2.22. The maximum Gasteiger partial charge on any atom is 0.269 e. The van der Waals surface area contributed by atoms with Crippen LogP contribution in [0.3, 0.4) is 0 Å². The second kappa shape index (κ2) is 7.66. The van der Waals surface area contributed by atoms with Gasteiger partial charge in [-0.2, -0.15) is 0 Å². The monoisotopic (exact) mass is 380 g/mol. The third-order valence-corrected chi connectivity index (χ3v) is 5.52. The molecule has 0 bridgehead atoms. The van der Waals surface area contributed by atoms with Crippen LogP contribution in [0.25, 0.3) is 0 Å². The molecule has 132 valence electrons. The zero-order valence-electron chi connectivity index (χ0n) is 13.5. The molecule has 25 heavy (non-hydrogen) atoms. The fraction of sp³-hybridized carbons (Fsp3) is 0.188. The van der Waals surface area contributed by atoms with Crippen LogP contribution in [0.2, 0.25) is 0 Å². The summed E-state index contributed by atoms with van der Waals surface area (Å²) in [6.45, 7) is 1.71. The summed E-state index contributed by atoms with van der Waals surface area (Å²) in [4.78, 5) is 23.3. The lowest BCUT2D eigenvalue weighted by molar-refractivity contribution is -0.384. The maximum atomic E-state index is 12.2.